The lowest BCUT2D eigenvalue weighted by Gasteiger charge is -2.34. The molecule has 15 heteroatoms. The number of rotatable bonds is 17. The van der Waals surface area contributed by atoms with Crippen molar-refractivity contribution in [2.24, 2.45) is 5.41 Å². The number of aliphatic hydroxyl groups is 1. The number of esters is 4. The van der Waals surface area contributed by atoms with E-state index in [1.165, 1.54) is 24.1 Å². The van der Waals surface area contributed by atoms with Crippen LogP contribution >= 0.6 is 0 Å². The zero-order chi connectivity index (χ0) is 50.2. The van der Waals surface area contributed by atoms with Gasteiger partial charge in [-0.15, -0.1) is 0 Å². The minimum absolute atomic E-state index is 0.0556. The van der Waals surface area contributed by atoms with E-state index in [4.69, 9.17) is 28.4 Å². The smallest absolute Gasteiger partial charge is 0.348 e. The summed E-state index contributed by atoms with van der Waals surface area (Å²) in [5.41, 5.74) is 1.48. The first-order valence-electron chi connectivity index (χ1n) is 23.3. The number of ether oxygens (including phenoxy) is 6. The molecule has 2 fully saturated rings. The van der Waals surface area contributed by atoms with Crippen molar-refractivity contribution in [3.63, 3.8) is 0 Å². The first-order chi connectivity index (χ1) is 33.4. The van der Waals surface area contributed by atoms with Crippen LogP contribution in [0.3, 0.4) is 0 Å². The topological polar surface area (TPSA) is 193 Å². The Morgan fingerprint density at radius 1 is 0.871 bits per heavy atom. The Hall–Kier alpha value is -6.94. The fraction of sp³-hybridized carbons (Fsp3) is 0.382. The van der Waals surface area contributed by atoms with Gasteiger partial charge in [0.2, 0.25) is 23.7 Å². The molecule has 2 heterocycles. The standard InChI is InChI=1S/C55H60N2O13/c1-53(2,3)69-46(60)28-26-41(33-58)56-49(61)42(30-35-17-10-7-11-18-35)57(6)50(62)38-31-43(47-44(32-38)68-55(70-47,39-21-12-8-13-22-39)40-23-14-9-15-24-40)66-51(63)37-20-16-19-36(29-37)25-27-45(59)67-48-52(64)65-34-54(48,4)5/h7-25,27,29,32,41-44,47-48,58H,26,28,30-31,33-34H2,1-6H3,(H,56,61). The van der Waals surface area contributed by atoms with Crippen LogP contribution in [0.4, 0.5) is 0 Å². The first-order valence-corrected chi connectivity index (χ1v) is 23.3. The van der Waals surface area contributed by atoms with Gasteiger partial charge in [0, 0.05) is 54.5 Å². The zero-order valence-electron chi connectivity index (χ0n) is 40.2. The van der Waals surface area contributed by atoms with Crippen molar-refractivity contribution < 1.29 is 62.3 Å². The summed E-state index contributed by atoms with van der Waals surface area (Å²) >= 11 is 0. The highest BCUT2D eigenvalue weighted by Gasteiger charge is 2.55. The number of aliphatic hydroxyl groups excluding tert-OH is 1. The summed E-state index contributed by atoms with van der Waals surface area (Å²) in [7, 11) is 1.51. The van der Waals surface area contributed by atoms with Crippen LogP contribution in [0.5, 0.6) is 0 Å². The molecule has 0 bridgehead atoms. The molecule has 6 atom stereocenters. The maximum absolute atomic E-state index is 14.9. The summed E-state index contributed by atoms with van der Waals surface area (Å²) in [6, 6.07) is 32.2. The number of likely N-dealkylation sites (N-methyl/N-ethyl adjacent to an activating group) is 1. The van der Waals surface area contributed by atoms with Gasteiger partial charge in [-0.2, -0.15) is 0 Å². The van der Waals surface area contributed by atoms with Gasteiger partial charge in [-0.3, -0.25) is 14.4 Å². The SMILES string of the molecule is CN(C(=O)C1=CC2OC(c3ccccc3)(c3ccccc3)OC2C(OC(=O)c2cccc(C=CC(=O)OC3C(=O)OCC3(C)C)c2)C1)C(Cc1ccccc1)C(=O)NC(CO)CCC(=O)OC(C)(C)C. The molecule has 0 spiro atoms. The number of benzene rings is 4. The molecule has 1 aliphatic carbocycles. The largest absolute Gasteiger partial charge is 0.462 e. The highest BCUT2D eigenvalue weighted by Crippen LogP contribution is 2.47. The lowest BCUT2D eigenvalue weighted by atomic mass is 9.90. The van der Waals surface area contributed by atoms with Gasteiger partial charge in [0.15, 0.2) is 0 Å². The van der Waals surface area contributed by atoms with Crippen molar-refractivity contribution in [2.75, 3.05) is 20.3 Å². The summed E-state index contributed by atoms with van der Waals surface area (Å²) in [4.78, 5) is 82.3. The van der Waals surface area contributed by atoms with Gasteiger partial charge in [0.1, 0.15) is 36.6 Å². The Labute approximate surface area is 407 Å². The van der Waals surface area contributed by atoms with Crippen molar-refractivity contribution in [2.45, 2.75) is 108 Å². The number of carbonyl (C=O) groups is 6. The molecule has 368 valence electrons. The monoisotopic (exact) mass is 956 g/mol. The van der Waals surface area contributed by atoms with E-state index in [1.54, 1.807) is 58.9 Å². The molecule has 0 radical (unpaired) electrons. The van der Waals surface area contributed by atoms with Crippen LogP contribution in [0.15, 0.2) is 133 Å². The van der Waals surface area contributed by atoms with Crippen LogP contribution in [0.1, 0.15) is 86.5 Å². The predicted molar refractivity (Wildman–Crippen MR) is 256 cm³/mol. The maximum atomic E-state index is 14.9. The first kappa shape index (κ1) is 50.9. The van der Waals surface area contributed by atoms with E-state index in [0.717, 1.165) is 11.6 Å². The molecule has 2 saturated heterocycles. The van der Waals surface area contributed by atoms with Crippen LogP contribution in [-0.4, -0.2) is 108 Å². The predicted octanol–water partition coefficient (Wildman–Crippen LogP) is 6.40. The average molecular weight is 957 g/mol. The molecule has 0 saturated carbocycles. The lowest BCUT2D eigenvalue weighted by Crippen LogP contribution is -2.53. The van der Waals surface area contributed by atoms with E-state index in [1.807, 2.05) is 91.0 Å². The number of fused-ring (bicyclic) bond motifs is 1. The van der Waals surface area contributed by atoms with Gasteiger partial charge in [-0.25, -0.2) is 14.4 Å². The molecule has 4 aromatic carbocycles. The quantitative estimate of drug-likeness (QED) is 0.0672. The Kier molecular flexibility index (Phi) is 15.8. The second-order valence-corrected chi connectivity index (χ2v) is 19.4. The molecular weight excluding hydrogens is 897 g/mol. The van der Waals surface area contributed by atoms with Crippen LogP contribution in [0.2, 0.25) is 0 Å². The number of hydrogen-bond donors (Lipinski definition) is 2. The van der Waals surface area contributed by atoms with Gasteiger partial charge < -0.3 is 43.7 Å². The average Bonchev–Trinajstić information content (AvgIpc) is 3.87. The van der Waals surface area contributed by atoms with Gasteiger partial charge in [0.05, 0.1) is 18.2 Å². The van der Waals surface area contributed by atoms with Gasteiger partial charge in [-0.05, 0) is 62.6 Å². The highest BCUT2D eigenvalue weighted by molar-refractivity contribution is 5.98. The van der Waals surface area contributed by atoms with Crippen LogP contribution in [0.25, 0.3) is 6.08 Å². The van der Waals surface area contributed by atoms with E-state index in [2.05, 4.69) is 5.32 Å². The van der Waals surface area contributed by atoms with E-state index in [0.29, 0.717) is 16.7 Å². The molecule has 2 N–H and O–H groups in total. The Morgan fingerprint density at radius 3 is 2.11 bits per heavy atom. The molecule has 2 amide bonds. The van der Waals surface area contributed by atoms with Crippen molar-refractivity contribution in [3.8, 4) is 0 Å². The van der Waals surface area contributed by atoms with E-state index in [-0.39, 0.29) is 43.4 Å². The normalized spacial score (nSPS) is 21.1. The molecule has 70 heavy (non-hydrogen) atoms. The number of nitrogens with one attached hydrogen (secondary N) is 1. The minimum Gasteiger partial charge on any atom is -0.462 e. The van der Waals surface area contributed by atoms with Crippen LogP contribution < -0.4 is 5.32 Å². The minimum atomic E-state index is -1.48. The summed E-state index contributed by atoms with van der Waals surface area (Å²) in [5.74, 6) is -5.19. The van der Waals surface area contributed by atoms with Gasteiger partial charge in [0.25, 0.3) is 0 Å². The summed E-state index contributed by atoms with van der Waals surface area (Å²) in [6.45, 7) is 8.44. The third-order valence-electron chi connectivity index (χ3n) is 12.2. The molecule has 15 nitrogen and oxygen atoms in total. The second kappa shape index (κ2) is 21.8. The zero-order valence-corrected chi connectivity index (χ0v) is 40.2. The number of amides is 2. The number of hydrogen-bond acceptors (Lipinski definition) is 13. The van der Waals surface area contributed by atoms with Crippen LogP contribution in [0, 0.1) is 5.41 Å². The Bertz CT molecular complexity index is 2550. The molecule has 7 rings (SSSR count). The van der Waals surface area contributed by atoms with Crippen molar-refractivity contribution in [1.82, 2.24) is 10.2 Å². The van der Waals surface area contributed by atoms with Crippen molar-refractivity contribution in [1.29, 1.82) is 0 Å². The number of cyclic esters (lactones) is 1. The highest BCUT2D eigenvalue weighted by atomic mass is 16.8. The molecule has 2 aliphatic heterocycles. The van der Waals surface area contributed by atoms with Gasteiger partial charge in [-0.1, -0.05) is 117 Å². The lowest BCUT2D eigenvalue weighted by molar-refractivity contribution is -0.159. The number of nitrogens with zero attached hydrogens (tertiary/aromatic N) is 1. The Morgan fingerprint density at radius 2 is 1.51 bits per heavy atom. The third-order valence-corrected chi connectivity index (χ3v) is 12.2. The number of carbonyl (C=O) groups excluding carboxylic acids is 6. The van der Waals surface area contributed by atoms with E-state index < -0.39 is 95.6 Å². The fourth-order valence-corrected chi connectivity index (χ4v) is 8.61. The van der Waals surface area contributed by atoms with Crippen molar-refractivity contribution >= 4 is 41.8 Å². The second-order valence-electron chi connectivity index (χ2n) is 19.4. The van der Waals surface area contributed by atoms with Gasteiger partial charge >= 0.3 is 23.9 Å². The molecule has 4 aromatic rings. The van der Waals surface area contributed by atoms with Crippen molar-refractivity contribution in [3.05, 3.63) is 161 Å². The molecule has 0 aromatic heterocycles. The van der Waals surface area contributed by atoms with E-state index in [9.17, 15) is 33.9 Å². The Balaban J connectivity index is 1.17. The molecular formula is C55H60N2O13. The summed E-state index contributed by atoms with van der Waals surface area (Å²) in [5, 5.41) is 13.1. The fourth-order valence-electron chi connectivity index (χ4n) is 8.61. The third kappa shape index (κ3) is 12.3. The summed E-state index contributed by atoms with van der Waals surface area (Å²) in [6.07, 6.45) is 0.275. The van der Waals surface area contributed by atoms with E-state index >= 15 is 0 Å². The molecule has 6 unspecified atom stereocenters. The summed E-state index contributed by atoms with van der Waals surface area (Å²) < 4.78 is 36.1. The maximum Gasteiger partial charge on any atom is 0.348 e. The van der Waals surface area contributed by atoms with Crippen LogP contribution in [-0.2, 0) is 64.6 Å². The molecule has 3 aliphatic rings.